The van der Waals surface area contributed by atoms with Gasteiger partial charge < -0.3 is 10.3 Å². The van der Waals surface area contributed by atoms with E-state index in [1.807, 2.05) is 13.8 Å². The summed E-state index contributed by atoms with van der Waals surface area (Å²) in [5.41, 5.74) is 0.148. The summed E-state index contributed by atoms with van der Waals surface area (Å²) in [5.74, 6) is -0.129. The molecule has 1 aliphatic rings. The van der Waals surface area contributed by atoms with Gasteiger partial charge in [-0.15, -0.1) is 0 Å². The second-order valence-corrected chi connectivity index (χ2v) is 4.45. The quantitative estimate of drug-likeness (QED) is 0.384. The van der Waals surface area contributed by atoms with Gasteiger partial charge in [-0.25, -0.2) is 0 Å². The van der Waals surface area contributed by atoms with E-state index in [2.05, 4.69) is 5.16 Å². The first-order valence-electron chi connectivity index (χ1n) is 4.52. The van der Waals surface area contributed by atoms with E-state index in [-0.39, 0.29) is 28.2 Å². The Morgan fingerprint density at radius 3 is 2.43 bits per heavy atom. The monoisotopic (exact) mass is 197 g/mol. The first-order valence-corrected chi connectivity index (χ1v) is 4.52. The minimum absolute atomic E-state index is 0.0292. The lowest BCUT2D eigenvalue weighted by molar-refractivity contribution is -0.118. The number of hydrogen-bond donors (Lipinski definition) is 2. The van der Waals surface area contributed by atoms with Crippen molar-refractivity contribution in [2.75, 3.05) is 0 Å². The number of hydrogen-bond acceptors (Lipinski definition) is 4. The standard InChI is InChI=1S/C10H15NO3/c1-6(11-14)9-7(12)4-10(2,3)5-8(9)13/h12,14H,4-5H2,1-3H3/b11-6+. The molecule has 2 N–H and O–H groups in total. The molecule has 0 heterocycles. The summed E-state index contributed by atoms with van der Waals surface area (Å²) in [6.07, 6.45) is 0.820. The molecule has 0 aromatic heterocycles. The fourth-order valence-corrected chi connectivity index (χ4v) is 1.75. The van der Waals surface area contributed by atoms with Crippen molar-refractivity contribution in [1.29, 1.82) is 0 Å². The van der Waals surface area contributed by atoms with Crippen LogP contribution in [0.2, 0.25) is 0 Å². The summed E-state index contributed by atoms with van der Waals surface area (Å²) >= 11 is 0. The smallest absolute Gasteiger partial charge is 0.168 e. The Kier molecular flexibility index (Phi) is 2.64. The van der Waals surface area contributed by atoms with Crippen LogP contribution in [0.1, 0.15) is 33.6 Å². The van der Waals surface area contributed by atoms with Gasteiger partial charge in [0.1, 0.15) is 5.76 Å². The van der Waals surface area contributed by atoms with Gasteiger partial charge in [0.2, 0.25) is 0 Å². The minimum Gasteiger partial charge on any atom is -0.511 e. The van der Waals surface area contributed by atoms with E-state index in [4.69, 9.17) is 5.21 Å². The molecule has 0 aromatic rings. The fourth-order valence-electron chi connectivity index (χ4n) is 1.75. The number of allylic oxidation sites excluding steroid dienone is 2. The van der Waals surface area contributed by atoms with Crippen LogP contribution < -0.4 is 0 Å². The Balaban J connectivity index is 3.12. The highest BCUT2D eigenvalue weighted by Crippen LogP contribution is 2.35. The van der Waals surface area contributed by atoms with Crippen molar-refractivity contribution in [2.24, 2.45) is 10.6 Å². The normalized spacial score (nSPS) is 22.8. The molecule has 78 valence electrons. The number of aliphatic hydroxyl groups excluding tert-OH is 1. The maximum Gasteiger partial charge on any atom is 0.168 e. The van der Waals surface area contributed by atoms with Crippen molar-refractivity contribution in [1.82, 2.24) is 0 Å². The third-order valence-electron chi connectivity index (χ3n) is 2.36. The van der Waals surface area contributed by atoms with Gasteiger partial charge in [0.25, 0.3) is 0 Å². The van der Waals surface area contributed by atoms with Crippen LogP contribution >= 0.6 is 0 Å². The van der Waals surface area contributed by atoms with Gasteiger partial charge in [-0.2, -0.15) is 0 Å². The fraction of sp³-hybridized carbons (Fsp3) is 0.600. The largest absolute Gasteiger partial charge is 0.511 e. The molecule has 0 atom stereocenters. The van der Waals surface area contributed by atoms with E-state index in [0.717, 1.165) is 0 Å². The van der Waals surface area contributed by atoms with E-state index in [0.29, 0.717) is 12.8 Å². The van der Waals surface area contributed by atoms with Crippen LogP contribution in [-0.4, -0.2) is 21.8 Å². The predicted molar refractivity (Wildman–Crippen MR) is 52.6 cm³/mol. The van der Waals surface area contributed by atoms with Gasteiger partial charge in [-0.05, 0) is 12.3 Å². The first-order chi connectivity index (χ1) is 6.37. The maximum absolute atomic E-state index is 11.6. The molecule has 4 heteroatoms. The molecule has 0 saturated carbocycles. The summed E-state index contributed by atoms with van der Waals surface area (Å²) in [7, 11) is 0. The van der Waals surface area contributed by atoms with Crippen molar-refractivity contribution in [3.63, 3.8) is 0 Å². The van der Waals surface area contributed by atoms with E-state index in [1.165, 1.54) is 6.92 Å². The summed E-state index contributed by atoms with van der Waals surface area (Å²) in [6, 6.07) is 0. The van der Waals surface area contributed by atoms with E-state index in [1.54, 1.807) is 0 Å². The second-order valence-electron chi connectivity index (χ2n) is 4.45. The molecular weight excluding hydrogens is 182 g/mol. The number of ketones is 1. The molecule has 4 nitrogen and oxygen atoms in total. The van der Waals surface area contributed by atoms with Crippen LogP contribution in [0.3, 0.4) is 0 Å². The van der Waals surface area contributed by atoms with Crippen LogP contribution in [0.15, 0.2) is 16.5 Å². The van der Waals surface area contributed by atoms with Crippen LogP contribution in [0.25, 0.3) is 0 Å². The lowest BCUT2D eigenvalue weighted by Crippen LogP contribution is -2.28. The van der Waals surface area contributed by atoms with Gasteiger partial charge in [0, 0.05) is 12.8 Å². The molecule has 0 spiro atoms. The van der Waals surface area contributed by atoms with Crippen LogP contribution in [0.5, 0.6) is 0 Å². The second kappa shape index (κ2) is 3.44. The highest BCUT2D eigenvalue weighted by atomic mass is 16.4. The molecule has 0 aliphatic heterocycles. The summed E-state index contributed by atoms with van der Waals surface area (Å²) < 4.78 is 0. The molecule has 0 fully saturated rings. The van der Waals surface area contributed by atoms with Crippen LogP contribution in [0, 0.1) is 5.41 Å². The van der Waals surface area contributed by atoms with Crippen LogP contribution in [0.4, 0.5) is 0 Å². The molecule has 0 unspecified atom stereocenters. The zero-order valence-electron chi connectivity index (χ0n) is 8.66. The Labute approximate surface area is 82.9 Å². The van der Waals surface area contributed by atoms with Crippen molar-refractivity contribution in [3.8, 4) is 0 Å². The van der Waals surface area contributed by atoms with Crippen LogP contribution in [-0.2, 0) is 4.79 Å². The molecule has 1 rings (SSSR count). The minimum atomic E-state index is -0.208. The third-order valence-corrected chi connectivity index (χ3v) is 2.36. The summed E-state index contributed by atoms with van der Waals surface area (Å²) in [4.78, 5) is 11.6. The lowest BCUT2D eigenvalue weighted by atomic mass is 9.76. The average Bonchev–Trinajstić information content (AvgIpc) is 1.99. The first kappa shape index (κ1) is 10.8. The van der Waals surface area contributed by atoms with Gasteiger partial charge >= 0.3 is 0 Å². The van der Waals surface area contributed by atoms with E-state index >= 15 is 0 Å². The predicted octanol–water partition coefficient (Wildman–Crippen LogP) is 2.04. The highest BCUT2D eigenvalue weighted by molar-refractivity contribution is 6.22. The summed E-state index contributed by atoms with van der Waals surface area (Å²) in [5, 5.41) is 21.1. The molecular formula is C10H15NO3. The van der Waals surface area contributed by atoms with E-state index < -0.39 is 0 Å². The number of carbonyl (C=O) groups is 1. The van der Waals surface area contributed by atoms with Gasteiger partial charge in [0.05, 0.1) is 11.3 Å². The maximum atomic E-state index is 11.6. The zero-order valence-corrected chi connectivity index (χ0v) is 8.66. The molecule has 1 aliphatic carbocycles. The number of aliphatic hydroxyl groups is 1. The SMILES string of the molecule is C/C(=N\O)C1=C(O)CC(C)(C)CC1=O. The number of rotatable bonds is 1. The third kappa shape index (κ3) is 1.95. The van der Waals surface area contributed by atoms with Crippen molar-refractivity contribution >= 4 is 11.5 Å². The Morgan fingerprint density at radius 2 is 2.00 bits per heavy atom. The summed E-state index contributed by atoms with van der Waals surface area (Å²) in [6.45, 7) is 5.34. The van der Waals surface area contributed by atoms with Gasteiger partial charge in [0.15, 0.2) is 5.78 Å². The molecule has 0 aromatic carbocycles. The van der Waals surface area contributed by atoms with Crippen molar-refractivity contribution in [3.05, 3.63) is 11.3 Å². The molecule has 0 saturated heterocycles. The van der Waals surface area contributed by atoms with Gasteiger partial charge in [-0.1, -0.05) is 19.0 Å². The Morgan fingerprint density at radius 1 is 1.43 bits per heavy atom. The molecule has 0 bridgehead atoms. The Hall–Kier alpha value is -1.32. The number of carbonyl (C=O) groups excluding carboxylic acids is 1. The van der Waals surface area contributed by atoms with Crippen molar-refractivity contribution < 1.29 is 15.1 Å². The van der Waals surface area contributed by atoms with E-state index in [9.17, 15) is 9.90 Å². The Bertz CT molecular complexity index is 326. The molecule has 0 radical (unpaired) electrons. The lowest BCUT2D eigenvalue weighted by Gasteiger charge is -2.29. The average molecular weight is 197 g/mol. The van der Waals surface area contributed by atoms with Crippen molar-refractivity contribution in [2.45, 2.75) is 33.6 Å². The zero-order chi connectivity index (χ0) is 10.9. The molecule has 0 amide bonds. The topological polar surface area (TPSA) is 69.9 Å². The number of oxime groups is 1. The van der Waals surface area contributed by atoms with Gasteiger partial charge in [-0.3, -0.25) is 4.79 Å². The molecule has 14 heavy (non-hydrogen) atoms. The number of Topliss-reactive ketones (excluding diaryl/α,β-unsaturated/α-hetero) is 1. The highest BCUT2D eigenvalue weighted by Gasteiger charge is 2.34. The number of nitrogens with zero attached hydrogens (tertiary/aromatic N) is 1.